The molecule has 0 atom stereocenters. The van der Waals surface area contributed by atoms with E-state index in [0.29, 0.717) is 11.6 Å². The molecule has 0 fully saturated rings. The second-order valence-corrected chi connectivity index (χ2v) is 6.74. The number of amides is 1. The van der Waals surface area contributed by atoms with Gasteiger partial charge in [0, 0.05) is 6.42 Å². The lowest BCUT2D eigenvalue weighted by Crippen LogP contribution is -2.12. The van der Waals surface area contributed by atoms with Crippen molar-refractivity contribution in [1.29, 1.82) is 0 Å². The molecule has 3 nitrogen and oxygen atoms in total. The standard InChI is InChI=1S/C19H20N2OS/c1-3-14-8-10-16-17(12-14)23-19(20-16)21-18(22)11-9-15-6-4-13(2)5-7-15/h4-8,10,12H,3,9,11H2,1-2H3,(H,20,21,22). The number of aryl methyl sites for hydroxylation is 3. The average Bonchev–Trinajstić information content (AvgIpc) is 2.95. The highest BCUT2D eigenvalue weighted by atomic mass is 32.1. The largest absolute Gasteiger partial charge is 0.302 e. The number of benzene rings is 2. The maximum atomic E-state index is 12.1. The SMILES string of the molecule is CCc1ccc2nc(NC(=O)CCc3ccc(C)cc3)sc2c1. The number of thiazole rings is 1. The Bertz CT molecular complexity index is 821. The highest BCUT2D eigenvalue weighted by Crippen LogP contribution is 2.27. The van der Waals surface area contributed by atoms with Gasteiger partial charge in [0.25, 0.3) is 0 Å². The molecule has 4 heteroatoms. The molecule has 2 aromatic carbocycles. The third-order valence-electron chi connectivity index (χ3n) is 3.87. The molecule has 0 unspecified atom stereocenters. The molecule has 1 amide bonds. The first-order valence-corrected chi connectivity index (χ1v) is 8.70. The molecule has 1 aromatic heterocycles. The van der Waals surface area contributed by atoms with Crippen molar-refractivity contribution < 1.29 is 4.79 Å². The van der Waals surface area contributed by atoms with Crippen LogP contribution >= 0.6 is 11.3 Å². The van der Waals surface area contributed by atoms with Crippen LogP contribution in [-0.4, -0.2) is 10.9 Å². The van der Waals surface area contributed by atoms with Crippen LogP contribution in [0, 0.1) is 6.92 Å². The predicted octanol–water partition coefficient (Wildman–Crippen LogP) is 4.74. The van der Waals surface area contributed by atoms with Gasteiger partial charge in [-0.1, -0.05) is 54.2 Å². The molecule has 1 heterocycles. The molecular weight excluding hydrogens is 304 g/mol. The second kappa shape index (κ2) is 6.92. The summed E-state index contributed by atoms with van der Waals surface area (Å²) in [7, 11) is 0. The second-order valence-electron chi connectivity index (χ2n) is 5.71. The van der Waals surface area contributed by atoms with Crippen molar-refractivity contribution in [2.45, 2.75) is 33.1 Å². The molecule has 1 N–H and O–H groups in total. The number of nitrogens with zero attached hydrogens (tertiary/aromatic N) is 1. The van der Waals surface area contributed by atoms with Crippen LogP contribution < -0.4 is 5.32 Å². The molecule has 23 heavy (non-hydrogen) atoms. The van der Waals surface area contributed by atoms with Crippen LogP contribution in [0.15, 0.2) is 42.5 Å². The summed E-state index contributed by atoms with van der Waals surface area (Å²) in [5.74, 6) is 0.0142. The summed E-state index contributed by atoms with van der Waals surface area (Å²) >= 11 is 1.54. The average molecular weight is 324 g/mol. The minimum atomic E-state index is 0.0142. The Morgan fingerprint density at radius 2 is 1.87 bits per heavy atom. The lowest BCUT2D eigenvalue weighted by atomic mass is 10.1. The van der Waals surface area contributed by atoms with E-state index in [-0.39, 0.29) is 5.91 Å². The monoisotopic (exact) mass is 324 g/mol. The van der Waals surface area contributed by atoms with E-state index in [1.54, 1.807) is 0 Å². The molecule has 0 radical (unpaired) electrons. The van der Waals surface area contributed by atoms with E-state index in [9.17, 15) is 4.79 Å². The first-order valence-electron chi connectivity index (χ1n) is 7.89. The van der Waals surface area contributed by atoms with Gasteiger partial charge >= 0.3 is 0 Å². The Labute approximate surface area is 140 Å². The number of fused-ring (bicyclic) bond motifs is 1. The number of rotatable bonds is 5. The van der Waals surface area contributed by atoms with Gasteiger partial charge in [-0.15, -0.1) is 0 Å². The van der Waals surface area contributed by atoms with Gasteiger partial charge in [-0.25, -0.2) is 4.98 Å². The fourth-order valence-electron chi connectivity index (χ4n) is 2.44. The van der Waals surface area contributed by atoms with Crippen molar-refractivity contribution >= 4 is 32.6 Å². The van der Waals surface area contributed by atoms with Gasteiger partial charge in [0.15, 0.2) is 5.13 Å². The van der Waals surface area contributed by atoms with Crippen LogP contribution in [0.2, 0.25) is 0 Å². The molecule has 0 saturated carbocycles. The molecular formula is C19H20N2OS. The van der Waals surface area contributed by atoms with Crippen LogP contribution in [0.3, 0.4) is 0 Å². The number of anilines is 1. The van der Waals surface area contributed by atoms with E-state index >= 15 is 0 Å². The fraction of sp³-hybridized carbons (Fsp3) is 0.263. The Kier molecular flexibility index (Phi) is 4.72. The molecule has 0 aliphatic heterocycles. The van der Waals surface area contributed by atoms with Gasteiger partial charge < -0.3 is 5.32 Å². The summed E-state index contributed by atoms with van der Waals surface area (Å²) in [5.41, 5.74) is 4.65. The zero-order valence-corrected chi connectivity index (χ0v) is 14.2. The summed E-state index contributed by atoms with van der Waals surface area (Å²) in [5, 5.41) is 3.60. The van der Waals surface area contributed by atoms with Crippen molar-refractivity contribution in [1.82, 2.24) is 4.98 Å². The number of nitrogens with one attached hydrogen (secondary N) is 1. The van der Waals surface area contributed by atoms with Crippen molar-refractivity contribution in [2.24, 2.45) is 0 Å². The highest BCUT2D eigenvalue weighted by Gasteiger charge is 2.08. The van der Waals surface area contributed by atoms with Crippen molar-refractivity contribution in [3.63, 3.8) is 0 Å². The van der Waals surface area contributed by atoms with E-state index in [1.807, 2.05) is 6.07 Å². The van der Waals surface area contributed by atoms with Crippen molar-refractivity contribution in [2.75, 3.05) is 5.32 Å². The zero-order chi connectivity index (χ0) is 16.2. The Morgan fingerprint density at radius 3 is 2.61 bits per heavy atom. The molecule has 0 saturated heterocycles. The van der Waals surface area contributed by atoms with Gasteiger partial charge in [0.1, 0.15) is 0 Å². The van der Waals surface area contributed by atoms with Gasteiger partial charge in [0.05, 0.1) is 10.2 Å². The molecule has 118 valence electrons. The van der Waals surface area contributed by atoms with Gasteiger partial charge in [-0.05, 0) is 43.0 Å². The summed E-state index contributed by atoms with van der Waals surface area (Å²) in [6.45, 7) is 4.20. The van der Waals surface area contributed by atoms with E-state index in [0.717, 1.165) is 23.1 Å². The number of hydrogen-bond donors (Lipinski definition) is 1. The van der Waals surface area contributed by atoms with Crippen LogP contribution in [-0.2, 0) is 17.6 Å². The van der Waals surface area contributed by atoms with Crippen LogP contribution in [0.5, 0.6) is 0 Å². The Morgan fingerprint density at radius 1 is 1.13 bits per heavy atom. The van der Waals surface area contributed by atoms with Crippen molar-refractivity contribution in [3.05, 3.63) is 59.2 Å². The molecule has 0 spiro atoms. The first-order chi connectivity index (χ1) is 11.1. The normalized spacial score (nSPS) is 10.9. The molecule has 0 aliphatic rings. The topological polar surface area (TPSA) is 42.0 Å². The smallest absolute Gasteiger partial charge is 0.226 e. The van der Waals surface area contributed by atoms with E-state index in [2.05, 4.69) is 60.5 Å². The van der Waals surface area contributed by atoms with Crippen LogP contribution in [0.4, 0.5) is 5.13 Å². The van der Waals surface area contributed by atoms with Crippen LogP contribution in [0.1, 0.15) is 30.0 Å². The lowest BCUT2D eigenvalue weighted by molar-refractivity contribution is -0.116. The van der Waals surface area contributed by atoms with Crippen molar-refractivity contribution in [3.8, 4) is 0 Å². The van der Waals surface area contributed by atoms with E-state index in [4.69, 9.17) is 0 Å². The maximum Gasteiger partial charge on any atom is 0.226 e. The lowest BCUT2D eigenvalue weighted by Gasteiger charge is -2.02. The Balaban J connectivity index is 1.62. The van der Waals surface area contributed by atoms with E-state index in [1.165, 1.54) is 28.0 Å². The molecule has 0 aliphatic carbocycles. The van der Waals surface area contributed by atoms with Crippen LogP contribution in [0.25, 0.3) is 10.2 Å². The molecule has 0 bridgehead atoms. The number of hydrogen-bond acceptors (Lipinski definition) is 3. The van der Waals surface area contributed by atoms with Gasteiger partial charge in [0.2, 0.25) is 5.91 Å². The number of carbonyl (C=O) groups excluding carboxylic acids is 1. The number of carbonyl (C=O) groups is 1. The summed E-state index contributed by atoms with van der Waals surface area (Å²) in [4.78, 5) is 16.6. The molecule has 3 rings (SSSR count). The summed E-state index contributed by atoms with van der Waals surface area (Å²) < 4.78 is 1.12. The fourth-order valence-corrected chi connectivity index (χ4v) is 3.38. The highest BCUT2D eigenvalue weighted by molar-refractivity contribution is 7.22. The number of aromatic nitrogens is 1. The minimum Gasteiger partial charge on any atom is -0.302 e. The summed E-state index contributed by atoms with van der Waals surface area (Å²) in [6, 6.07) is 14.6. The molecule has 3 aromatic rings. The van der Waals surface area contributed by atoms with Gasteiger partial charge in [-0.2, -0.15) is 0 Å². The third-order valence-corrected chi connectivity index (χ3v) is 4.80. The third kappa shape index (κ3) is 3.96. The zero-order valence-electron chi connectivity index (χ0n) is 13.4. The van der Waals surface area contributed by atoms with Gasteiger partial charge in [-0.3, -0.25) is 4.79 Å². The maximum absolute atomic E-state index is 12.1. The summed E-state index contributed by atoms with van der Waals surface area (Å²) in [6.07, 6.45) is 2.22. The minimum absolute atomic E-state index is 0.0142. The quantitative estimate of drug-likeness (QED) is 0.736. The van der Waals surface area contributed by atoms with E-state index < -0.39 is 0 Å². The Hall–Kier alpha value is -2.20. The predicted molar refractivity (Wildman–Crippen MR) is 97.1 cm³/mol. The first kappa shape index (κ1) is 15.7.